The Labute approximate surface area is 130 Å². The molecule has 0 bridgehead atoms. The Bertz CT molecular complexity index is 616. The van der Waals surface area contributed by atoms with Crippen molar-refractivity contribution in [3.63, 3.8) is 0 Å². The predicted molar refractivity (Wildman–Crippen MR) is 86.9 cm³/mol. The standard InChI is InChI=1S/C14H14BrN3OS/c1-9-6-11(16)3-4-12(9)18-13(19)8-20-14-5-2-10(15)7-17-14/h2-7H,8,16H2,1H3,(H,18,19). The molecule has 3 N–H and O–H groups in total. The van der Waals surface area contributed by atoms with Crippen molar-refractivity contribution in [2.45, 2.75) is 11.9 Å². The Morgan fingerprint density at radius 3 is 2.85 bits per heavy atom. The number of aryl methyl sites for hydroxylation is 1. The van der Waals surface area contributed by atoms with Crippen LogP contribution in [-0.2, 0) is 4.79 Å². The van der Waals surface area contributed by atoms with Crippen LogP contribution in [0.5, 0.6) is 0 Å². The SMILES string of the molecule is Cc1cc(N)ccc1NC(=O)CSc1ccc(Br)cn1. The fourth-order valence-corrected chi connectivity index (χ4v) is 2.48. The maximum Gasteiger partial charge on any atom is 0.234 e. The normalized spacial score (nSPS) is 10.3. The number of carbonyl (C=O) groups excluding carboxylic acids is 1. The molecule has 104 valence electrons. The van der Waals surface area contributed by atoms with Crippen LogP contribution in [0.2, 0.25) is 0 Å². The van der Waals surface area contributed by atoms with Gasteiger partial charge in [0.25, 0.3) is 0 Å². The van der Waals surface area contributed by atoms with Gasteiger partial charge in [-0.05, 0) is 58.7 Å². The zero-order valence-corrected chi connectivity index (χ0v) is 13.3. The Morgan fingerprint density at radius 2 is 2.20 bits per heavy atom. The molecule has 0 fully saturated rings. The first-order valence-electron chi connectivity index (χ1n) is 5.95. The van der Waals surface area contributed by atoms with Crippen molar-refractivity contribution in [3.8, 4) is 0 Å². The number of hydrogen-bond acceptors (Lipinski definition) is 4. The number of aromatic nitrogens is 1. The summed E-state index contributed by atoms with van der Waals surface area (Å²) in [6, 6.07) is 9.18. The second kappa shape index (κ2) is 6.76. The summed E-state index contributed by atoms with van der Waals surface area (Å²) >= 11 is 4.72. The molecular weight excluding hydrogens is 338 g/mol. The third-order valence-electron chi connectivity index (χ3n) is 2.58. The first-order valence-corrected chi connectivity index (χ1v) is 7.73. The average Bonchev–Trinajstić information content (AvgIpc) is 2.41. The van der Waals surface area contributed by atoms with E-state index in [2.05, 4.69) is 26.2 Å². The number of nitrogens with two attached hydrogens (primary N) is 1. The van der Waals surface area contributed by atoms with Crippen molar-refractivity contribution in [1.29, 1.82) is 0 Å². The van der Waals surface area contributed by atoms with Crippen LogP contribution >= 0.6 is 27.7 Å². The quantitative estimate of drug-likeness (QED) is 0.653. The molecule has 4 nitrogen and oxygen atoms in total. The monoisotopic (exact) mass is 351 g/mol. The van der Waals surface area contributed by atoms with E-state index in [1.807, 2.05) is 31.2 Å². The number of rotatable bonds is 4. The minimum Gasteiger partial charge on any atom is -0.399 e. The minimum atomic E-state index is -0.0624. The van der Waals surface area contributed by atoms with Crippen LogP contribution < -0.4 is 11.1 Å². The van der Waals surface area contributed by atoms with E-state index >= 15 is 0 Å². The van der Waals surface area contributed by atoms with Crippen LogP contribution in [0.1, 0.15) is 5.56 Å². The van der Waals surface area contributed by atoms with E-state index in [9.17, 15) is 4.79 Å². The molecule has 0 radical (unpaired) electrons. The van der Waals surface area contributed by atoms with Crippen LogP contribution in [0.3, 0.4) is 0 Å². The van der Waals surface area contributed by atoms with Crippen LogP contribution in [0.25, 0.3) is 0 Å². The van der Waals surface area contributed by atoms with Crippen molar-refractivity contribution in [3.05, 3.63) is 46.6 Å². The molecule has 0 spiro atoms. The summed E-state index contributed by atoms with van der Waals surface area (Å²) < 4.78 is 0.920. The third-order valence-corrected chi connectivity index (χ3v) is 3.99. The fourth-order valence-electron chi connectivity index (χ4n) is 1.60. The number of benzene rings is 1. The van der Waals surface area contributed by atoms with Crippen molar-refractivity contribution >= 4 is 45.0 Å². The summed E-state index contributed by atoms with van der Waals surface area (Å²) in [7, 11) is 0. The predicted octanol–water partition coefficient (Wildman–Crippen LogP) is 3.47. The van der Waals surface area contributed by atoms with Gasteiger partial charge in [-0.2, -0.15) is 0 Å². The number of thioether (sulfide) groups is 1. The van der Waals surface area contributed by atoms with Gasteiger partial charge in [-0.15, -0.1) is 0 Å². The number of carbonyl (C=O) groups is 1. The molecule has 1 aromatic carbocycles. The number of hydrogen-bond donors (Lipinski definition) is 2. The Morgan fingerprint density at radius 1 is 1.40 bits per heavy atom. The lowest BCUT2D eigenvalue weighted by Gasteiger charge is -2.08. The maximum atomic E-state index is 11.9. The number of anilines is 2. The van der Waals surface area contributed by atoms with Gasteiger partial charge in [-0.3, -0.25) is 4.79 Å². The van der Waals surface area contributed by atoms with Crippen LogP contribution in [0, 0.1) is 6.92 Å². The van der Waals surface area contributed by atoms with Gasteiger partial charge in [0.05, 0.1) is 10.8 Å². The smallest absolute Gasteiger partial charge is 0.234 e. The molecule has 2 rings (SSSR count). The minimum absolute atomic E-state index is 0.0624. The van der Waals surface area contributed by atoms with Gasteiger partial charge in [0.2, 0.25) is 5.91 Å². The Hall–Kier alpha value is -1.53. The first kappa shape index (κ1) is 14.9. The highest BCUT2D eigenvalue weighted by molar-refractivity contribution is 9.10. The highest BCUT2D eigenvalue weighted by atomic mass is 79.9. The number of nitrogens with one attached hydrogen (secondary N) is 1. The summed E-state index contributed by atoms with van der Waals surface area (Å²) in [5, 5.41) is 3.68. The van der Waals surface area contributed by atoms with E-state index in [-0.39, 0.29) is 5.91 Å². The molecule has 1 aromatic heterocycles. The number of nitrogen functional groups attached to an aromatic ring is 1. The van der Waals surface area contributed by atoms with Crippen molar-refractivity contribution in [1.82, 2.24) is 4.98 Å². The van der Waals surface area contributed by atoms with Crippen molar-refractivity contribution in [2.75, 3.05) is 16.8 Å². The second-order valence-electron chi connectivity index (χ2n) is 4.23. The van der Waals surface area contributed by atoms with Crippen LogP contribution in [0.15, 0.2) is 46.0 Å². The summed E-state index contributed by atoms with van der Waals surface area (Å²) in [5.41, 5.74) is 8.10. The van der Waals surface area contributed by atoms with Gasteiger partial charge >= 0.3 is 0 Å². The largest absolute Gasteiger partial charge is 0.399 e. The molecule has 0 aliphatic rings. The molecule has 0 saturated heterocycles. The summed E-state index contributed by atoms with van der Waals surface area (Å²) in [5.74, 6) is 0.255. The van der Waals surface area contributed by atoms with E-state index in [1.165, 1.54) is 11.8 Å². The lowest BCUT2D eigenvalue weighted by molar-refractivity contribution is -0.113. The lowest BCUT2D eigenvalue weighted by atomic mass is 10.2. The molecule has 1 heterocycles. The van der Waals surface area contributed by atoms with E-state index in [4.69, 9.17) is 5.73 Å². The first-order chi connectivity index (χ1) is 9.54. The molecule has 0 aliphatic heterocycles. The molecule has 6 heteroatoms. The highest BCUT2D eigenvalue weighted by Crippen LogP contribution is 2.20. The average molecular weight is 352 g/mol. The molecule has 0 atom stereocenters. The van der Waals surface area contributed by atoms with E-state index < -0.39 is 0 Å². The molecule has 20 heavy (non-hydrogen) atoms. The molecule has 0 saturated carbocycles. The molecule has 1 amide bonds. The number of amides is 1. The lowest BCUT2D eigenvalue weighted by Crippen LogP contribution is -2.15. The van der Waals surface area contributed by atoms with Gasteiger partial charge in [0.15, 0.2) is 0 Å². The van der Waals surface area contributed by atoms with Crippen LogP contribution in [0.4, 0.5) is 11.4 Å². The van der Waals surface area contributed by atoms with Crippen molar-refractivity contribution < 1.29 is 4.79 Å². The number of halogens is 1. The van der Waals surface area contributed by atoms with Gasteiger partial charge < -0.3 is 11.1 Å². The fraction of sp³-hybridized carbons (Fsp3) is 0.143. The third kappa shape index (κ3) is 4.25. The number of pyridine rings is 1. The molecule has 2 aromatic rings. The summed E-state index contributed by atoms with van der Waals surface area (Å²) in [6.07, 6.45) is 1.71. The topological polar surface area (TPSA) is 68.0 Å². The zero-order valence-electron chi connectivity index (χ0n) is 10.9. The van der Waals surface area contributed by atoms with Gasteiger partial charge in [0, 0.05) is 22.0 Å². The Kier molecular flexibility index (Phi) is 5.03. The summed E-state index contributed by atoms with van der Waals surface area (Å²) in [6.45, 7) is 1.91. The van der Waals surface area contributed by atoms with Gasteiger partial charge in [0.1, 0.15) is 0 Å². The number of nitrogens with zero attached hydrogens (tertiary/aromatic N) is 1. The van der Waals surface area contributed by atoms with E-state index in [1.54, 1.807) is 12.3 Å². The Balaban J connectivity index is 1.90. The van der Waals surface area contributed by atoms with Crippen molar-refractivity contribution in [2.24, 2.45) is 0 Å². The molecule has 0 aliphatic carbocycles. The van der Waals surface area contributed by atoms with E-state index in [0.29, 0.717) is 11.4 Å². The van der Waals surface area contributed by atoms with Gasteiger partial charge in [-0.25, -0.2) is 4.98 Å². The van der Waals surface area contributed by atoms with E-state index in [0.717, 1.165) is 20.7 Å². The second-order valence-corrected chi connectivity index (χ2v) is 6.14. The summed E-state index contributed by atoms with van der Waals surface area (Å²) in [4.78, 5) is 16.1. The highest BCUT2D eigenvalue weighted by Gasteiger charge is 2.06. The zero-order chi connectivity index (χ0) is 14.5. The maximum absolute atomic E-state index is 11.9. The molecule has 0 unspecified atom stereocenters. The van der Waals surface area contributed by atoms with Gasteiger partial charge in [-0.1, -0.05) is 11.8 Å². The molecular formula is C14H14BrN3OS. The van der Waals surface area contributed by atoms with Crippen LogP contribution in [-0.4, -0.2) is 16.6 Å².